The minimum absolute atomic E-state index is 0.0715. The van der Waals surface area contributed by atoms with E-state index in [0.717, 1.165) is 0 Å². The summed E-state index contributed by atoms with van der Waals surface area (Å²) in [4.78, 5) is 28.8. The average molecular weight is 480 g/mol. The Labute approximate surface area is 199 Å². The highest BCUT2D eigenvalue weighted by Crippen LogP contribution is 2.43. The Bertz CT molecular complexity index is 1080. The van der Waals surface area contributed by atoms with E-state index < -0.39 is 25.4 Å². The van der Waals surface area contributed by atoms with Crippen LogP contribution in [-0.2, 0) is 9.98 Å². The summed E-state index contributed by atoms with van der Waals surface area (Å²) >= 11 is 0. The Morgan fingerprint density at radius 1 is 0.647 bits per heavy atom. The molecule has 3 rings (SSSR count). The number of hydrogen-bond donors (Lipinski definition) is 0. The van der Waals surface area contributed by atoms with Crippen molar-refractivity contribution in [3.8, 4) is 23.0 Å². The largest absolute Gasteiger partial charge is 0.496 e. The van der Waals surface area contributed by atoms with Crippen molar-refractivity contribution < 1.29 is 33.1 Å². The maximum absolute atomic E-state index is 14.4. The average Bonchev–Trinajstić information content (AvgIpc) is 2.90. The van der Waals surface area contributed by atoms with E-state index in [1.165, 1.54) is 28.4 Å². The van der Waals surface area contributed by atoms with E-state index in [1.54, 1.807) is 66.7 Å². The van der Waals surface area contributed by atoms with E-state index in [1.807, 2.05) is 0 Å². The number of benzene rings is 3. The zero-order valence-corrected chi connectivity index (χ0v) is 20.3. The number of ketones is 2. The normalized spacial score (nSPS) is 11.1. The van der Waals surface area contributed by atoms with Gasteiger partial charge in [0, 0.05) is 0 Å². The van der Waals surface area contributed by atoms with Crippen LogP contribution in [0.3, 0.4) is 0 Å². The number of carbonyl (C=O) groups excluding carboxylic acids is 2. The summed E-state index contributed by atoms with van der Waals surface area (Å²) in [5, 5.41) is 0. The molecule has 0 aromatic heterocycles. The van der Waals surface area contributed by atoms with Gasteiger partial charge in [0.1, 0.15) is 39.5 Å². The van der Waals surface area contributed by atoms with Crippen LogP contribution in [0.2, 0.25) is 0 Å². The molecule has 7 nitrogen and oxygen atoms in total. The van der Waals surface area contributed by atoms with Crippen molar-refractivity contribution in [3.63, 3.8) is 0 Å². The van der Waals surface area contributed by atoms with Crippen LogP contribution < -0.4 is 18.9 Å². The van der Waals surface area contributed by atoms with Crippen molar-refractivity contribution >= 4 is 20.0 Å². The summed E-state index contributed by atoms with van der Waals surface area (Å²) < 4.78 is 34.0. The Morgan fingerprint density at radius 2 is 1.03 bits per heavy atom. The molecule has 0 bridgehead atoms. The van der Waals surface area contributed by atoms with E-state index >= 15 is 0 Å². The number of methoxy groups -OCH3 is 4. The monoisotopic (exact) mass is 480 g/mol. The second kappa shape index (κ2) is 10.9. The van der Waals surface area contributed by atoms with E-state index in [4.69, 9.17) is 18.9 Å². The zero-order chi connectivity index (χ0) is 24.7. The number of ether oxygens (including phenoxy) is 4. The summed E-state index contributed by atoms with van der Waals surface area (Å²) in [6.45, 7) is 0. The quantitative estimate of drug-likeness (QED) is 0.216. The van der Waals surface area contributed by atoms with Crippen molar-refractivity contribution in [2.75, 3.05) is 34.6 Å². The van der Waals surface area contributed by atoms with Crippen molar-refractivity contribution in [1.82, 2.24) is 0 Å². The minimum Gasteiger partial charge on any atom is -0.496 e. The minimum atomic E-state index is -1.89. The molecule has 0 saturated carbocycles. The molecular weight excluding hydrogens is 455 g/mol. The topological polar surface area (TPSA) is 88.1 Å². The van der Waals surface area contributed by atoms with Crippen LogP contribution in [0.1, 0.15) is 26.3 Å². The van der Waals surface area contributed by atoms with Gasteiger partial charge in [-0.15, -0.1) is 0 Å². The lowest BCUT2D eigenvalue weighted by Gasteiger charge is -2.31. The van der Waals surface area contributed by atoms with Gasteiger partial charge < -0.3 is 18.9 Å². The lowest BCUT2D eigenvalue weighted by atomic mass is 9.70. The van der Waals surface area contributed by atoms with E-state index in [9.17, 15) is 14.2 Å². The Hall–Kier alpha value is -3.70. The first kappa shape index (κ1) is 24.9. The molecule has 0 aliphatic carbocycles. The van der Waals surface area contributed by atoms with Gasteiger partial charge in [0.15, 0.2) is 20.0 Å². The van der Waals surface area contributed by atoms with Gasteiger partial charge in [-0.1, -0.05) is 42.5 Å². The Balaban J connectivity index is 2.42. The van der Waals surface area contributed by atoms with Gasteiger partial charge in [0.2, 0.25) is 0 Å². The molecule has 0 amide bonds. The molecule has 0 atom stereocenters. The predicted molar refractivity (Wildman–Crippen MR) is 128 cm³/mol. The molecule has 0 radical (unpaired) electrons. The lowest BCUT2D eigenvalue weighted by Crippen LogP contribution is -2.46. The summed E-state index contributed by atoms with van der Waals surface area (Å²) in [6, 6.07) is 18.3. The first-order valence-electron chi connectivity index (χ1n) is 10.4. The first-order chi connectivity index (χ1) is 16.5. The highest BCUT2D eigenvalue weighted by molar-refractivity contribution is 7.24. The molecule has 0 N–H and O–H groups in total. The van der Waals surface area contributed by atoms with Gasteiger partial charge in [0.25, 0.3) is 0 Å². The van der Waals surface area contributed by atoms with Gasteiger partial charge in [-0.25, -0.2) is 0 Å². The van der Waals surface area contributed by atoms with E-state index in [2.05, 4.69) is 0 Å². The SMILES string of the molecule is COc1cccc(OC)c1C(=O)C(CP=O)(C(=O)c1c(OC)cccc1OC)c1ccccc1. The Morgan fingerprint density at radius 3 is 1.35 bits per heavy atom. The molecule has 0 aliphatic heterocycles. The third kappa shape index (κ3) is 4.27. The summed E-state index contributed by atoms with van der Waals surface area (Å²) in [5.74, 6) is -0.318. The fourth-order valence-corrected chi connectivity index (χ4v) is 4.66. The van der Waals surface area contributed by atoms with Crippen LogP contribution in [0.25, 0.3) is 0 Å². The summed E-state index contributed by atoms with van der Waals surface area (Å²) in [7, 11) is 5.29. The molecule has 0 unspecified atom stereocenters. The molecule has 0 saturated heterocycles. The molecule has 3 aromatic rings. The number of carbonyl (C=O) groups is 2. The number of hydrogen-bond acceptors (Lipinski definition) is 7. The van der Waals surface area contributed by atoms with Gasteiger partial charge in [-0.05, 0) is 29.8 Å². The number of Topliss-reactive ketones (excluding diaryl/α,β-unsaturated/α-hetero) is 2. The molecule has 176 valence electrons. The second-order valence-electron chi connectivity index (χ2n) is 7.29. The van der Waals surface area contributed by atoms with Gasteiger partial charge >= 0.3 is 0 Å². The highest BCUT2D eigenvalue weighted by atomic mass is 31.1. The lowest BCUT2D eigenvalue weighted by molar-refractivity contribution is 0.0774. The zero-order valence-electron chi connectivity index (χ0n) is 19.4. The Kier molecular flexibility index (Phi) is 8.03. The molecular formula is C26H25O7P. The standard InChI is InChI=1S/C26H25O7P/c1-30-18-12-8-13-19(31-2)22(18)24(27)26(16-34-29,17-10-6-5-7-11-17)25(28)23-20(32-3)14-9-15-21(23)33-4/h5-15H,16H2,1-4H3. The fraction of sp³-hybridized carbons (Fsp3) is 0.231. The number of rotatable bonds is 11. The van der Waals surface area contributed by atoms with Crippen LogP contribution in [0, 0.1) is 0 Å². The molecule has 34 heavy (non-hydrogen) atoms. The maximum atomic E-state index is 14.4. The molecule has 0 heterocycles. The van der Waals surface area contributed by atoms with Gasteiger partial charge in [-0.2, -0.15) is 0 Å². The van der Waals surface area contributed by atoms with Crippen molar-refractivity contribution in [1.29, 1.82) is 0 Å². The maximum Gasteiger partial charge on any atom is 0.189 e. The highest BCUT2D eigenvalue weighted by Gasteiger charge is 2.51. The second-order valence-corrected chi connectivity index (χ2v) is 7.87. The molecule has 8 heteroatoms. The van der Waals surface area contributed by atoms with Crippen LogP contribution in [-0.4, -0.2) is 46.2 Å². The molecule has 0 fully saturated rings. The molecule has 3 aromatic carbocycles. The van der Waals surface area contributed by atoms with E-state index in [0.29, 0.717) is 5.56 Å². The van der Waals surface area contributed by atoms with Crippen molar-refractivity contribution in [2.24, 2.45) is 0 Å². The third-order valence-corrected chi connectivity index (χ3v) is 6.26. The van der Waals surface area contributed by atoms with E-state index in [-0.39, 0.29) is 40.3 Å². The third-order valence-electron chi connectivity index (χ3n) is 5.65. The van der Waals surface area contributed by atoms with Crippen LogP contribution >= 0.6 is 8.46 Å². The van der Waals surface area contributed by atoms with Crippen LogP contribution in [0.4, 0.5) is 0 Å². The predicted octanol–water partition coefficient (Wildman–Crippen LogP) is 5.02. The van der Waals surface area contributed by atoms with Gasteiger partial charge in [-0.3, -0.25) is 14.2 Å². The smallest absolute Gasteiger partial charge is 0.189 e. The van der Waals surface area contributed by atoms with Crippen molar-refractivity contribution in [3.05, 3.63) is 83.4 Å². The van der Waals surface area contributed by atoms with Crippen LogP contribution in [0.5, 0.6) is 23.0 Å². The first-order valence-corrected chi connectivity index (χ1v) is 11.4. The fourth-order valence-electron chi connectivity index (χ4n) is 4.00. The molecule has 0 spiro atoms. The summed E-state index contributed by atoms with van der Waals surface area (Å²) in [5.41, 5.74) is -1.38. The summed E-state index contributed by atoms with van der Waals surface area (Å²) in [6.07, 6.45) is -0.322. The van der Waals surface area contributed by atoms with Crippen LogP contribution in [0.15, 0.2) is 66.7 Å². The van der Waals surface area contributed by atoms with Crippen molar-refractivity contribution in [2.45, 2.75) is 5.41 Å². The van der Waals surface area contributed by atoms with Gasteiger partial charge in [0.05, 0.1) is 34.6 Å². The molecule has 0 aliphatic rings.